The summed E-state index contributed by atoms with van der Waals surface area (Å²) in [5.74, 6) is 0.550. The molecule has 100 valence electrons. The molecule has 1 aliphatic rings. The Morgan fingerprint density at radius 2 is 2.10 bits per heavy atom. The first-order valence-corrected chi connectivity index (χ1v) is 6.34. The van der Waals surface area contributed by atoms with Gasteiger partial charge in [0.05, 0.1) is 0 Å². The molecule has 0 amide bonds. The van der Waals surface area contributed by atoms with Gasteiger partial charge in [-0.05, 0) is 23.8 Å². The molecule has 0 radical (unpaired) electrons. The van der Waals surface area contributed by atoms with Crippen LogP contribution in [-0.4, -0.2) is 12.7 Å². The second-order valence-corrected chi connectivity index (χ2v) is 4.59. The third-order valence-corrected chi connectivity index (χ3v) is 3.23. The van der Waals surface area contributed by atoms with Gasteiger partial charge in [-0.15, -0.1) is 0 Å². The molecule has 0 fully saturated rings. The molecule has 0 aromatic heterocycles. The van der Waals surface area contributed by atoms with E-state index in [-0.39, 0.29) is 24.0 Å². The Morgan fingerprint density at radius 1 is 1.25 bits per heavy atom. The van der Waals surface area contributed by atoms with Crippen LogP contribution in [0.1, 0.15) is 11.1 Å². The van der Waals surface area contributed by atoms with Gasteiger partial charge in [-0.1, -0.05) is 24.3 Å². The predicted molar refractivity (Wildman–Crippen MR) is 71.2 cm³/mol. The van der Waals surface area contributed by atoms with Crippen molar-refractivity contribution in [1.29, 1.82) is 5.26 Å². The van der Waals surface area contributed by atoms with Crippen LogP contribution in [0.5, 0.6) is 11.5 Å². The van der Waals surface area contributed by atoms with Crippen LogP contribution in [0.3, 0.4) is 0 Å². The van der Waals surface area contributed by atoms with Crippen molar-refractivity contribution in [2.24, 2.45) is 0 Å². The number of nitrogens with zero attached hydrogens (tertiary/aromatic N) is 1. The van der Waals surface area contributed by atoms with Crippen molar-refractivity contribution in [3.63, 3.8) is 0 Å². The first-order valence-electron chi connectivity index (χ1n) is 6.34. The molecule has 2 aromatic rings. The highest BCUT2D eigenvalue weighted by Gasteiger charge is 2.23. The number of nitriles is 1. The van der Waals surface area contributed by atoms with Crippen LogP contribution in [0.2, 0.25) is 0 Å². The summed E-state index contributed by atoms with van der Waals surface area (Å²) in [5, 5.41) is 8.93. The number of para-hydroxylation sites is 1. The lowest BCUT2D eigenvalue weighted by molar-refractivity contribution is 0.148. The first-order chi connectivity index (χ1) is 9.78. The Bertz CT molecular complexity index is 653. The highest BCUT2D eigenvalue weighted by atomic mass is 19.1. The van der Waals surface area contributed by atoms with E-state index in [1.807, 2.05) is 30.3 Å². The zero-order valence-corrected chi connectivity index (χ0v) is 10.7. The van der Waals surface area contributed by atoms with Crippen molar-refractivity contribution in [2.45, 2.75) is 12.5 Å². The zero-order valence-electron chi connectivity index (χ0n) is 10.7. The van der Waals surface area contributed by atoms with Crippen molar-refractivity contribution in [3.05, 3.63) is 59.4 Å². The molecule has 1 unspecified atom stereocenters. The van der Waals surface area contributed by atoms with E-state index in [1.165, 1.54) is 12.1 Å². The molecular weight excluding hydrogens is 257 g/mol. The van der Waals surface area contributed by atoms with Crippen LogP contribution in [0.15, 0.2) is 42.5 Å². The molecule has 1 atom stereocenters. The third-order valence-electron chi connectivity index (χ3n) is 3.23. The maximum absolute atomic E-state index is 13.4. The van der Waals surface area contributed by atoms with Crippen molar-refractivity contribution < 1.29 is 13.9 Å². The average molecular weight is 269 g/mol. The number of fused-ring (bicyclic) bond motifs is 1. The fourth-order valence-electron chi connectivity index (χ4n) is 2.26. The van der Waals surface area contributed by atoms with E-state index in [0.717, 1.165) is 17.7 Å². The van der Waals surface area contributed by atoms with Crippen LogP contribution in [0.4, 0.5) is 4.39 Å². The second-order valence-electron chi connectivity index (χ2n) is 4.59. The average Bonchev–Trinajstić information content (AvgIpc) is 2.88. The summed E-state index contributed by atoms with van der Waals surface area (Å²) in [7, 11) is 0. The van der Waals surface area contributed by atoms with Crippen molar-refractivity contribution in [3.8, 4) is 17.6 Å². The molecule has 1 heterocycles. The van der Waals surface area contributed by atoms with Crippen molar-refractivity contribution in [1.82, 2.24) is 0 Å². The van der Waals surface area contributed by atoms with Crippen molar-refractivity contribution in [2.75, 3.05) is 6.61 Å². The Hall–Kier alpha value is -2.54. The first kappa shape index (κ1) is 12.5. The number of hydrogen-bond acceptors (Lipinski definition) is 3. The van der Waals surface area contributed by atoms with E-state index in [2.05, 4.69) is 0 Å². The van der Waals surface area contributed by atoms with Gasteiger partial charge in [0.15, 0.2) is 0 Å². The molecule has 20 heavy (non-hydrogen) atoms. The molecule has 0 saturated heterocycles. The SMILES string of the molecule is N#Cc1c(F)cccc1OCC1Cc2ccccc2O1. The van der Waals surface area contributed by atoms with E-state index < -0.39 is 5.82 Å². The fraction of sp³-hybridized carbons (Fsp3) is 0.188. The van der Waals surface area contributed by atoms with Gasteiger partial charge in [-0.25, -0.2) is 4.39 Å². The molecule has 4 heteroatoms. The highest BCUT2D eigenvalue weighted by Crippen LogP contribution is 2.29. The summed E-state index contributed by atoms with van der Waals surface area (Å²) < 4.78 is 24.7. The van der Waals surface area contributed by atoms with Gasteiger partial charge in [0, 0.05) is 6.42 Å². The summed E-state index contributed by atoms with van der Waals surface area (Å²) in [4.78, 5) is 0. The Morgan fingerprint density at radius 3 is 2.90 bits per heavy atom. The molecule has 3 rings (SSSR count). The third kappa shape index (κ3) is 2.30. The molecule has 0 aliphatic carbocycles. The largest absolute Gasteiger partial charge is 0.488 e. The van der Waals surface area contributed by atoms with E-state index in [9.17, 15) is 4.39 Å². The maximum Gasteiger partial charge on any atom is 0.144 e. The van der Waals surface area contributed by atoms with Crippen LogP contribution < -0.4 is 9.47 Å². The predicted octanol–water partition coefficient (Wildman–Crippen LogP) is 3.08. The standard InChI is InChI=1S/C16H12FNO2/c17-14-5-3-7-16(13(14)9-18)19-10-12-8-11-4-1-2-6-15(11)20-12/h1-7,12H,8,10H2. The lowest BCUT2D eigenvalue weighted by Crippen LogP contribution is -2.22. The van der Waals surface area contributed by atoms with Gasteiger partial charge >= 0.3 is 0 Å². The number of benzene rings is 2. The topological polar surface area (TPSA) is 42.2 Å². The lowest BCUT2D eigenvalue weighted by Gasteiger charge is -2.13. The monoisotopic (exact) mass is 269 g/mol. The van der Waals surface area contributed by atoms with Crippen LogP contribution >= 0.6 is 0 Å². The summed E-state index contributed by atoms with van der Waals surface area (Å²) in [6.07, 6.45) is 0.648. The van der Waals surface area contributed by atoms with Crippen LogP contribution in [0, 0.1) is 17.1 Å². The quantitative estimate of drug-likeness (QED) is 0.860. The fourth-order valence-corrected chi connectivity index (χ4v) is 2.26. The summed E-state index contributed by atoms with van der Waals surface area (Å²) >= 11 is 0. The Labute approximate surface area is 116 Å². The van der Waals surface area contributed by atoms with Gasteiger partial charge < -0.3 is 9.47 Å². The Balaban J connectivity index is 1.68. The number of halogens is 1. The van der Waals surface area contributed by atoms with Gasteiger partial charge in [-0.3, -0.25) is 0 Å². The minimum atomic E-state index is -0.569. The van der Waals surface area contributed by atoms with E-state index >= 15 is 0 Å². The van der Waals surface area contributed by atoms with Gasteiger partial charge in [-0.2, -0.15) is 5.26 Å². The molecular formula is C16H12FNO2. The molecule has 0 bridgehead atoms. The van der Waals surface area contributed by atoms with E-state index in [4.69, 9.17) is 14.7 Å². The molecule has 0 saturated carbocycles. The molecule has 0 spiro atoms. The van der Waals surface area contributed by atoms with Gasteiger partial charge in [0.2, 0.25) is 0 Å². The van der Waals surface area contributed by atoms with Gasteiger partial charge in [0.1, 0.15) is 41.7 Å². The normalized spacial score (nSPS) is 16.1. The maximum atomic E-state index is 13.4. The van der Waals surface area contributed by atoms with E-state index in [0.29, 0.717) is 0 Å². The molecule has 2 aromatic carbocycles. The van der Waals surface area contributed by atoms with Crippen molar-refractivity contribution >= 4 is 0 Å². The number of rotatable bonds is 3. The van der Waals surface area contributed by atoms with Crippen LogP contribution in [-0.2, 0) is 6.42 Å². The number of ether oxygens (including phenoxy) is 2. The van der Waals surface area contributed by atoms with E-state index in [1.54, 1.807) is 6.07 Å². The minimum absolute atomic E-state index is 0.0667. The summed E-state index contributed by atoms with van der Waals surface area (Å²) in [6, 6.07) is 14.0. The molecule has 0 N–H and O–H groups in total. The van der Waals surface area contributed by atoms with Crippen LogP contribution in [0.25, 0.3) is 0 Å². The zero-order chi connectivity index (χ0) is 13.9. The Kier molecular flexibility index (Phi) is 3.26. The molecule has 1 aliphatic heterocycles. The smallest absolute Gasteiger partial charge is 0.144 e. The number of hydrogen-bond donors (Lipinski definition) is 0. The summed E-state index contributed by atoms with van der Waals surface area (Å²) in [5.41, 5.74) is 1.07. The van der Waals surface area contributed by atoms with Gasteiger partial charge in [0.25, 0.3) is 0 Å². The summed E-state index contributed by atoms with van der Waals surface area (Å²) in [6.45, 7) is 0.285. The second kappa shape index (κ2) is 5.22. The minimum Gasteiger partial charge on any atom is -0.488 e. The lowest BCUT2D eigenvalue weighted by atomic mass is 10.1. The highest BCUT2D eigenvalue weighted by molar-refractivity contribution is 5.44. The molecule has 3 nitrogen and oxygen atoms in total.